The number of alkyl carbamates (subject to hydrolysis) is 1. The zero-order valence-corrected chi connectivity index (χ0v) is 23.0. The minimum Gasteiger partial charge on any atom is -0.465 e. The molecule has 1 aromatic rings. The molecule has 0 aromatic heterocycles. The Hall–Kier alpha value is -2.03. The average molecular weight is 538 g/mol. The van der Waals surface area contributed by atoms with Crippen molar-refractivity contribution in [2.24, 2.45) is 17.8 Å². The van der Waals surface area contributed by atoms with Gasteiger partial charge in [0.15, 0.2) is 0 Å². The molecule has 1 saturated carbocycles. The summed E-state index contributed by atoms with van der Waals surface area (Å²) in [5.74, 6) is 0.345. The van der Waals surface area contributed by atoms with Crippen LogP contribution in [0.3, 0.4) is 0 Å². The quantitative estimate of drug-likeness (QED) is 0.288. The summed E-state index contributed by atoms with van der Waals surface area (Å²) in [6.45, 7) is 1.51. The third kappa shape index (κ3) is 7.74. The van der Waals surface area contributed by atoms with E-state index in [0.717, 1.165) is 6.42 Å². The van der Waals surface area contributed by atoms with E-state index in [1.54, 1.807) is 17.0 Å². The minimum atomic E-state index is -1.31. The Labute approximate surface area is 226 Å². The number of hydrogen-bond donors (Lipinski definition) is 4. The molecule has 2 aliphatic rings. The Bertz CT molecular complexity index is 881. The maximum Gasteiger partial charge on any atom is 0.407 e. The lowest BCUT2D eigenvalue weighted by molar-refractivity contribution is -0.0968. The summed E-state index contributed by atoms with van der Waals surface area (Å²) in [6, 6.07) is 6.94. The van der Waals surface area contributed by atoms with Gasteiger partial charge in [-0.3, -0.25) is 0 Å². The predicted molar refractivity (Wildman–Crippen MR) is 145 cm³/mol. The van der Waals surface area contributed by atoms with E-state index >= 15 is 0 Å². The zero-order valence-electron chi connectivity index (χ0n) is 22.3. The second kappa shape index (κ2) is 14.2. The van der Waals surface area contributed by atoms with E-state index < -0.39 is 17.8 Å². The lowest BCUT2D eigenvalue weighted by Crippen LogP contribution is -2.59. The van der Waals surface area contributed by atoms with Crippen molar-refractivity contribution in [1.29, 1.82) is 0 Å². The van der Waals surface area contributed by atoms with Gasteiger partial charge in [-0.05, 0) is 75.2 Å². The maximum absolute atomic E-state index is 12.5. The van der Waals surface area contributed by atoms with Crippen molar-refractivity contribution >= 4 is 23.8 Å². The van der Waals surface area contributed by atoms with Gasteiger partial charge >= 0.3 is 12.2 Å². The molecule has 1 aliphatic heterocycles. The van der Waals surface area contributed by atoms with E-state index in [1.165, 1.54) is 39.2 Å². The molecule has 1 saturated heterocycles. The van der Waals surface area contributed by atoms with Gasteiger partial charge in [-0.1, -0.05) is 55.8 Å². The second-order valence-electron chi connectivity index (χ2n) is 10.7. The van der Waals surface area contributed by atoms with Crippen molar-refractivity contribution in [2.45, 2.75) is 75.9 Å². The number of halogens is 1. The summed E-state index contributed by atoms with van der Waals surface area (Å²) in [6.07, 6.45) is 7.87. The Morgan fingerprint density at radius 3 is 2.62 bits per heavy atom. The van der Waals surface area contributed by atoms with Gasteiger partial charge in [-0.15, -0.1) is 0 Å². The van der Waals surface area contributed by atoms with E-state index in [-0.39, 0.29) is 17.9 Å². The van der Waals surface area contributed by atoms with Crippen molar-refractivity contribution in [2.75, 3.05) is 33.8 Å². The lowest BCUT2D eigenvalue weighted by atomic mass is 9.65. The number of hydrogen-bond acceptors (Lipinski definition) is 5. The van der Waals surface area contributed by atoms with Crippen molar-refractivity contribution in [3.63, 3.8) is 0 Å². The van der Waals surface area contributed by atoms with Crippen LogP contribution in [-0.4, -0.2) is 67.1 Å². The number of carbonyl (C=O) groups excluding carboxylic acids is 1. The molecule has 2 fully saturated rings. The van der Waals surface area contributed by atoms with Gasteiger partial charge in [0, 0.05) is 30.1 Å². The number of ether oxygens (including phenoxy) is 1. The first kappa shape index (κ1) is 29.5. The number of rotatable bonds is 11. The molecule has 1 aromatic carbocycles. The Morgan fingerprint density at radius 1 is 1.22 bits per heavy atom. The molecule has 0 radical (unpaired) electrons. The lowest BCUT2D eigenvalue weighted by Gasteiger charge is -2.51. The predicted octanol–water partition coefficient (Wildman–Crippen LogP) is 5.23. The maximum atomic E-state index is 12.5. The van der Waals surface area contributed by atoms with Crippen LogP contribution >= 0.6 is 11.6 Å². The fraction of sp³-hybridized carbons (Fsp3) is 0.714. The number of piperidine rings is 1. The van der Waals surface area contributed by atoms with Crippen LogP contribution in [0, 0.1) is 17.8 Å². The molecule has 1 heterocycles. The van der Waals surface area contributed by atoms with Gasteiger partial charge in [-0.2, -0.15) is 0 Å². The van der Waals surface area contributed by atoms with Gasteiger partial charge < -0.3 is 30.5 Å². The number of methoxy groups -OCH3 is 1. The van der Waals surface area contributed by atoms with Crippen LogP contribution in [0.5, 0.6) is 0 Å². The summed E-state index contributed by atoms with van der Waals surface area (Å²) in [4.78, 5) is 25.7. The molecule has 8 nitrogen and oxygen atoms in total. The Balaban J connectivity index is 1.98. The number of nitrogens with zero attached hydrogens (tertiary/aromatic N) is 1. The summed E-state index contributed by atoms with van der Waals surface area (Å²) in [7, 11) is 3.23. The van der Waals surface area contributed by atoms with Crippen molar-refractivity contribution < 1.29 is 24.5 Å². The van der Waals surface area contributed by atoms with Crippen LogP contribution in [0.4, 0.5) is 9.59 Å². The molecule has 9 heteroatoms. The summed E-state index contributed by atoms with van der Waals surface area (Å²) >= 11 is 6.37. The highest BCUT2D eigenvalue weighted by molar-refractivity contribution is 6.30. The monoisotopic (exact) mass is 537 g/mol. The number of likely N-dealkylation sites (tertiary alicyclic amines) is 1. The molecule has 1 aliphatic carbocycles. The minimum absolute atomic E-state index is 0.0772. The van der Waals surface area contributed by atoms with Gasteiger partial charge in [0.1, 0.15) is 0 Å². The molecule has 4 atom stereocenters. The highest BCUT2D eigenvalue weighted by Crippen LogP contribution is 2.46. The first-order valence-electron chi connectivity index (χ1n) is 13.7. The smallest absolute Gasteiger partial charge is 0.407 e. The van der Waals surface area contributed by atoms with Gasteiger partial charge in [0.25, 0.3) is 0 Å². The molecule has 4 N–H and O–H groups in total. The van der Waals surface area contributed by atoms with Crippen LogP contribution < -0.4 is 10.6 Å². The number of aliphatic hydroxyl groups is 1. The average Bonchev–Trinajstić information content (AvgIpc) is 2.90. The van der Waals surface area contributed by atoms with E-state index in [9.17, 15) is 19.8 Å². The third-order valence-corrected chi connectivity index (χ3v) is 8.60. The molecule has 2 amide bonds. The standard InChI is InChI=1S/C28H44ClN3O5/c1-30-19-21(17-20-9-4-3-5-10-20)25-24(13-7-16-32(25)27(34)35)28(36,14-8-15-31-26(33)37-2)22-11-6-12-23(29)18-22/h6,11-12,18,20-21,24-25,30,36H,3-5,7-10,13-17,19H2,1-2H3,(H,31,33)(H,34,35)/t21-,24?,25+,28+/m0/s1. The van der Waals surface area contributed by atoms with Gasteiger partial charge in [0.05, 0.1) is 12.7 Å². The van der Waals surface area contributed by atoms with Crippen LogP contribution in [0.1, 0.15) is 69.8 Å². The van der Waals surface area contributed by atoms with E-state index in [4.69, 9.17) is 11.6 Å². The fourth-order valence-corrected chi connectivity index (χ4v) is 6.92. The summed E-state index contributed by atoms with van der Waals surface area (Å²) in [5.41, 5.74) is -0.610. The largest absolute Gasteiger partial charge is 0.465 e. The first-order chi connectivity index (χ1) is 17.8. The summed E-state index contributed by atoms with van der Waals surface area (Å²) < 4.78 is 4.68. The van der Waals surface area contributed by atoms with Crippen molar-refractivity contribution in [1.82, 2.24) is 15.5 Å². The van der Waals surface area contributed by atoms with Crippen molar-refractivity contribution in [3.8, 4) is 0 Å². The molecule has 208 valence electrons. The number of nitrogens with one attached hydrogen (secondary N) is 2. The normalized spacial score (nSPS) is 23.2. The van der Waals surface area contributed by atoms with Crippen LogP contribution in [-0.2, 0) is 10.3 Å². The molecule has 0 bridgehead atoms. The number of carboxylic acid groups (broad SMARTS) is 1. The second-order valence-corrected chi connectivity index (χ2v) is 11.2. The van der Waals surface area contributed by atoms with Gasteiger partial charge in [0.2, 0.25) is 0 Å². The number of carbonyl (C=O) groups is 2. The molecular weight excluding hydrogens is 494 g/mol. The highest BCUT2D eigenvalue weighted by atomic mass is 35.5. The zero-order chi connectivity index (χ0) is 26.8. The molecule has 3 rings (SSSR count). The first-order valence-corrected chi connectivity index (χ1v) is 14.1. The van der Waals surface area contributed by atoms with E-state index in [2.05, 4.69) is 15.4 Å². The Kier molecular flexibility index (Phi) is 11.3. The SMILES string of the molecule is CNC[C@H](CC1CCCCC1)[C@@H]1C([C@@](O)(CCCNC(=O)OC)c2cccc(Cl)c2)CCCN1C(=O)O. The molecule has 37 heavy (non-hydrogen) atoms. The van der Waals surface area contributed by atoms with Crippen LogP contribution in [0.2, 0.25) is 5.02 Å². The number of benzene rings is 1. The Morgan fingerprint density at radius 2 is 1.97 bits per heavy atom. The number of amides is 2. The van der Waals surface area contributed by atoms with Crippen LogP contribution in [0.15, 0.2) is 24.3 Å². The molecule has 1 unspecified atom stereocenters. The molecule has 0 spiro atoms. The van der Waals surface area contributed by atoms with Crippen molar-refractivity contribution in [3.05, 3.63) is 34.9 Å². The van der Waals surface area contributed by atoms with E-state index in [0.29, 0.717) is 61.8 Å². The third-order valence-electron chi connectivity index (χ3n) is 8.37. The summed E-state index contributed by atoms with van der Waals surface area (Å²) in [5, 5.41) is 29.3. The highest BCUT2D eigenvalue weighted by Gasteiger charge is 2.50. The topological polar surface area (TPSA) is 111 Å². The molecular formula is C28H44ClN3O5. The van der Waals surface area contributed by atoms with Gasteiger partial charge in [-0.25, -0.2) is 9.59 Å². The van der Waals surface area contributed by atoms with Crippen LogP contribution in [0.25, 0.3) is 0 Å². The fourth-order valence-electron chi connectivity index (χ4n) is 6.72. The van der Waals surface area contributed by atoms with E-state index in [1.807, 2.05) is 19.2 Å².